The van der Waals surface area contributed by atoms with Gasteiger partial charge in [-0.3, -0.25) is 14.3 Å². The Labute approximate surface area is 104 Å². The topological polar surface area (TPSA) is 97.1 Å². The van der Waals surface area contributed by atoms with Crippen molar-refractivity contribution in [2.75, 3.05) is 0 Å². The molecule has 7 heteroatoms. The first-order valence-electron chi connectivity index (χ1n) is 5.95. The minimum absolute atomic E-state index is 0.00205. The van der Waals surface area contributed by atoms with Crippen LogP contribution in [0.4, 0.5) is 0 Å². The maximum Gasteiger partial charge on any atom is 0.305 e. The number of carbonyl (C=O) groups excluding carboxylic acids is 1. The number of hydrogen-bond acceptors (Lipinski definition) is 4. The Hall–Kier alpha value is -1.92. The summed E-state index contributed by atoms with van der Waals surface area (Å²) >= 11 is 0. The van der Waals surface area contributed by atoms with Crippen LogP contribution in [0, 0.1) is 0 Å². The molecule has 1 saturated carbocycles. The zero-order chi connectivity index (χ0) is 13.0. The quantitative estimate of drug-likeness (QED) is 0.752. The van der Waals surface area contributed by atoms with Crippen LogP contribution in [0.1, 0.15) is 32.1 Å². The fourth-order valence-corrected chi connectivity index (χ4v) is 2.16. The third kappa shape index (κ3) is 3.06. The lowest BCUT2D eigenvalue weighted by Crippen LogP contribution is -2.54. The molecule has 0 bridgehead atoms. The molecule has 0 spiro atoms. The third-order valence-electron chi connectivity index (χ3n) is 3.24. The van der Waals surface area contributed by atoms with E-state index in [1.807, 2.05) is 0 Å². The normalized spacial score (nSPS) is 16.9. The van der Waals surface area contributed by atoms with Gasteiger partial charge in [-0.1, -0.05) is 0 Å². The molecule has 18 heavy (non-hydrogen) atoms. The third-order valence-corrected chi connectivity index (χ3v) is 3.24. The van der Waals surface area contributed by atoms with Gasteiger partial charge in [-0.2, -0.15) is 5.10 Å². The van der Waals surface area contributed by atoms with Crippen LogP contribution in [0.5, 0.6) is 0 Å². The summed E-state index contributed by atoms with van der Waals surface area (Å²) in [5.74, 6) is -1.00. The molecule has 0 unspecified atom stereocenters. The second-order valence-electron chi connectivity index (χ2n) is 4.66. The standard InChI is InChI=1S/C11H16N4O3/c16-9(2-5-15-8-12-7-13-15)14-11(3-1-4-11)6-10(17)18/h7-8H,1-6H2,(H,14,16)(H,17,18). The number of carboxylic acids is 1. The van der Waals surface area contributed by atoms with Crippen molar-refractivity contribution < 1.29 is 14.7 Å². The Kier molecular flexibility index (Phi) is 3.59. The molecule has 1 fully saturated rings. The number of aromatic nitrogens is 3. The molecule has 1 heterocycles. The molecule has 0 atom stereocenters. The highest BCUT2D eigenvalue weighted by Gasteiger charge is 2.40. The number of nitrogens with zero attached hydrogens (tertiary/aromatic N) is 3. The van der Waals surface area contributed by atoms with Gasteiger partial charge in [-0.15, -0.1) is 0 Å². The van der Waals surface area contributed by atoms with Gasteiger partial charge in [-0.25, -0.2) is 4.98 Å². The molecule has 1 aliphatic rings. The lowest BCUT2D eigenvalue weighted by Gasteiger charge is -2.41. The van der Waals surface area contributed by atoms with Crippen molar-refractivity contribution in [3.63, 3.8) is 0 Å². The monoisotopic (exact) mass is 252 g/mol. The van der Waals surface area contributed by atoms with Crippen molar-refractivity contribution in [1.29, 1.82) is 0 Å². The van der Waals surface area contributed by atoms with Gasteiger partial charge >= 0.3 is 5.97 Å². The second-order valence-corrected chi connectivity index (χ2v) is 4.66. The average Bonchev–Trinajstić information content (AvgIpc) is 2.75. The molecule has 1 amide bonds. The molecule has 7 nitrogen and oxygen atoms in total. The lowest BCUT2D eigenvalue weighted by atomic mass is 9.74. The van der Waals surface area contributed by atoms with Gasteiger partial charge in [0.25, 0.3) is 0 Å². The minimum atomic E-state index is -0.869. The predicted molar refractivity (Wildman–Crippen MR) is 61.6 cm³/mol. The van der Waals surface area contributed by atoms with Crippen molar-refractivity contribution in [2.45, 2.75) is 44.2 Å². The molecule has 0 aliphatic heterocycles. The van der Waals surface area contributed by atoms with Crippen molar-refractivity contribution in [3.05, 3.63) is 12.7 Å². The van der Waals surface area contributed by atoms with Crippen LogP contribution >= 0.6 is 0 Å². The van der Waals surface area contributed by atoms with E-state index in [0.717, 1.165) is 19.3 Å². The van der Waals surface area contributed by atoms with Gasteiger partial charge in [0.1, 0.15) is 12.7 Å². The summed E-state index contributed by atoms with van der Waals surface area (Å²) in [5.41, 5.74) is -0.523. The van der Waals surface area contributed by atoms with Crippen molar-refractivity contribution in [2.24, 2.45) is 0 Å². The summed E-state index contributed by atoms with van der Waals surface area (Å²) in [6, 6.07) is 0. The van der Waals surface area contributed by atoms with Crippen LogP contribution in [0.3, 0.4) is 0 Å². The lowest BCUT2D eigenvalue weighted by molar-refractivity contribution is -0.140. The predicted octanol–water partition coefficient (Wildman–Crippen LogP) is 0.182. The number of amides is 1. The van der Waals surface area contributed by atoms with Crippen LogP contribution in [0.15, 0.2) is 12.7 Å². The molecule has 98 valence electrons. The number of nitrogens with one attached hydrogen (secondary N) is 1. The first kappa shape index (κ1) is 12.5. The van der Waals surface area contributed by atoms with Crippen LogP contribution in [0.25, 0.3) is 0 Å². The molecule has 0 saturated heterocycles. The molecule has 1 aromatic rings. The molecular formula is C11H16N4O3. The Morgan fingerprint density at radius 3 is 2.72 bits per heavy atom. The number of aryl methyl sites for hydroxylation is 1. The fourth-order valence-electron chi connectivity index (χ4n) is 2.16. The molecule has 0 radical (unpaired) electrons. The first-order chi connectivity index (χ1) is 8.60. The van der Waals surface area contributed by atoms with E-state index >= 15 is 0 Å². The van der Waals surface area contributed by atoms with Gasteiger partial charge in [0, 0.05) is 6.42 Å². The fraction of sp³-hybridized carbons (Fsp3) is 0.636. The SMILES string of the molecule is O=C(O)CC1(NC(=O)CCn2cncn2)CCC1. The van der Waals surface area contributed by atoms with E-state index in [-0.39, 0.29) is 18.7 Å². The van der Waals surface area contributed by atoms with Crippen molar-refractivity contribution in [1.82, 2.24) is 20.1 Å². The Morgan fingerprint density at radius 1 is 1.44 bits per heavy atom. The van der Waals surface area contributed by atoms with E-state index in [4.69, 9.17) is 5.11 Å². The highest BCUT2D eigenvalue weighted by molar-refractivity contribution is 5.78. The zero-order valence-electron chi connectivity index (χ0n) is 10.0. The van der Waals surface area contributed by atoms with Gasteiger partial charge < -0.3 is 10.4 Å². The number of carbonyl (C=O) groups is 2. The van der Waals surface area contributed by atoms with Gasteiger partial charge in [0.2, 0.25) is 5.91 Å². The van der Waals surface area contributed by atoms with Gasteiger partial charge in [0.15, 0.2) is 0 Å². The smallest absolute Gasteiger partial charge is 0.305 e. The molecule has 0 aromatic carbocycles. The second kappa shape index (κ2) is 5.16. The molecule has 1 aromatic heterocycles. The van der Waals surface area contributed by atoms with Crippen molar-refractivity contribution in [3.8, 4) is 0 Å². The summed E-state index contributed by atoms with van der Waals surface area (Å²) in [5, 5.41) is 15.6. The number of aliphatic carboxylic acids is 1. The zero-order valence-corrected chi connectivity index (χ0v) is 10.0. The maximum absolute atomic E-state index is 11.8. The number of rotatable bonds is 6. The summed E-state index contributed by atoms with van der Waals surface area (Å²) in [6.07, 6.45) is 5.70. The van der Waals surface area contributed by atoms with Crippen LogP contribution in [-0.4, -0.2) is 37.3 Å². The van der Waals surface area contributed by atoms with E-state index in [1.165, 1.54) is 6.33 Å². The van der Waals surface area contributed by atoms with Crippen LogP contribution < -0.4 is 5.32 Å². The van der Waals surface area contributed by atoms with Crippen LogP contribution in [0.2, 0.25) is 0 Å². The summed E-state index contributed by atoms with van der Waals surface area (Å²) in [4.78, 5) is 26.3. The first-order valence-corrected chi connectivity index (χ1v) is 5.95. The molecule has 1 aliphatic carbocycles. The summed E-state index contributed by atoms with van der Waals surface area (Å²) in [7, 11) is 0. The highest BCUT2D eigenvalue weighted by Crippen LogP contribution is 2.34. The van der Waals surface area contributed by atoms with E-state index in [0.29, 0.717) is 6.54 Å². The average molecular weight is 252 g/mol. The van der Waals surface area contributed by atoms with Crippen molar-refractivity contribution >= 4 is 11.9 Å². The van der Waals surface area contributed by atoms with Crippen LogP contribution in [-0.2, 0) is 16.1 Å². The number of carboxylic acid groups (broad SMARTS) is 1. The Bertz CT molecular complexity index is 426. The van der Waals surface area contributed by atoms with E-state index in [2.05, 4.69) is 15.4 Å². The maximum atomic E-state index is 11.8. The van der Waals surface area contributed by atoms with E-state index < -0.39 is 11.5 Å². The minimum Gasteiger partial charge on any atom is -0.481 e. The Morgan fingerprint density at radius 2 is 2.22 bits per heavy atom. The number of hydrogen-bond donors (Lipinski definition) is 2. The molecule has 2 N–H and O–H groups in total. The Balaban J connectivity index is 1.80. The summed E-state index contributed by atoms with van der Waals surface area (Å²) in [6.45, 7) is 0.453. The van der Waals surface area contributed by atoms with Gasteiger partial charge in [0.05, 0.1) is 18.5 Å². The largest absolute Gasteiger partial charge is 0.481 e. The van der Waals surface area contributed by atoms with E-state index in [1.54, 1.807) is 11.0 Å². The van der Waals surface area contributed by atoms with E-state index in [9.17, 15) is 9.59 Å². The summed E-state index contributed by atoms with van der Waals surface area (Å²) < 4.78 is 1.57. The molecule has 2 rings (SSSR count). The highest BCUT2D eigenvalue weighted by atomic mass is 16.4. The van der Waals surface area contributed by atoms with Gasteiger partial charge in [-0.05, 0) is 19.3 Å². The molecular weight excluding hydrogens is 236 g/mol.